The number of hydrogen-bond acceptors (Lipinski definition) is 6. The van der Waals surface area contributed by atoms with Gasteiger partial charge in [-0.1, -0.05) is 0 Å². The molecule has 0 fully saturated rings. The van der Waals surface area contributed by atoms with Crippen LogP contribution in [0.3, 0.4) is 0 Å². The Morgan fingerprint density at radius 1 is 1.27 bits per heavy atom. The van der Waals surface area contributed by atoms with Crippen molar-refractivity contribution in [1.29, 1.82) is 0 Å². The average molecular weight is 241 g/mol. The van der Waals surface area contributed by atoms with E-state index >= 15 is 0 Å². The molecule has 0 bridgehead atoms. The summed E-state index contributed by atoms with van der Waals surface area (Å²) in [5.74, 6) is 0. The lowest BCUT2D eigenvalue weighted by atomic mass is 10.7. The van der Waals surface area contributed by atoms with E-state index in [0.29, 0.717) is 0 Å². The molecule has 0 aromatic rings. The molecule has 0 radical (unpaired) electrons. The van der Waals surface area contributed by atoms with Crippen molar-refractivity contribution in [3.05, 3.63) is 0 Å². The SMILES string of the molecule is COC(=O)OCCOCCNS(C)(=O)=O. The number of rotatable bonds is 7. The van der Waals surface area contributed by atoms with Gasteiger partial charge < -0.3 is 14.2 Å². The maximum absolute atomic E-state index is 10.6. The van der Waals surface area contributed by atoms with Crippen molar-refractivity contribution in [2.45, 2.75) is 0 Å². The second-order valence-electron chi connectivity index (χ2n) is 2.58. The normalized spacial score (nSPS) is 11.1. The number of hydrogen-bond donors (Lipinski definition) is 1. The first-order valence-corrected chi connectivity index (χ1v) is 6.08. The summed E-state index contributed by atoms with van der Waals surface area (Å²) < 4.78 is 37.1. The molecular formula is C7H15NO6S. The maximum atomic E-state index is 10.6. The summed E-state index contributed by atoms with van der Waals surface area (Å²) in [6.07, 6.45) is 0.292. The molecule has 0 unspecified atom stereocenters. The second kappa shape index (κ2) is 7.43. The van der Waals surface area contributed by atoms with Gasteiger partial charge in [-0.15, -0.1) is 0 Å². The van der Waals surface area contributed by atoms with Crippen molar-refractivity contribution in [2.75, 3.05) is 39.7 Å². The molecule has 90 valence electrons. The average Bonchev–Trinajstić information content (AvgIpc) is 2.14. The standard InChI is InChI=1S/C7H15NO6S/c1-12-7(9)14-6-5-13-4-3-8-15(2,10)11/h8H,3-6H2,1-2H3. The number of carbonyl (C=O) groups is 1. The van der Waals surface area contributed by atoms with Crippen LogP contribution >= 0.6 is 0 Å². The summed E-state index contributed by atoms with van der Waals surface area (Å²) in [5.41, 5.74) is 0. The third-order valence-corrected chi connectivity index (χ3v) is 1.95. The summed E-state index contributed by atoms with van der Waals surface area (Å²) >= 11 is 0. The fraction of sp³-hybridized carbons (Fsp3) is 0.857. The topological polar surface area (TPSA) is 90.9 Å². The van der Waals surface area contributed by atoms with Crippen molar-refractivity contribution >= 4 is 16.2 Å². The van der Waals surface area contributed by atoms with Crippen molar-refractivity contribution in [3.63, 3.8) is 0 Å². The van der Waals surface area contributed by atoms with Gasteiger partial charge in [0.05, 0.1) is 26.6 Å². The zero-order chi connectivity index (χ0) is 11.7. The van der Waals surface area contributed by atoms with Crippen LogP contribution in [-0.4, -0.2) is 54.3 Å². The van der Waals surface area contributed by atoms with Crippen LogP contribution in [0.4, 0.5) is 4.79 Å². The predicted octanol–water partition coefficient (Wildman–Crippen LogP) is -0.665. The molecule has 0 atom stereocenters. The van der Waals surface area contributed by atoms with Gasteiger partial charge >= 0.3 is 6.16 Å². The van der Waals surface area contributed by atoms with Gasteiger partial charge in [0.15, 0.2) is 0 Å². The van der Waals surface area contributed by atoms with Crippen LogP contribution in [0.5, 0.6) is 0 Å². The molecule has 1 N–H and O–H groups in total. The van der Waals surface area contributed by atoms with E-state index in [9.17, 15) is 13.2 Å². The van der Waals surface area contributed by atoms with E-state index in [-0.39, 0.29) is 26.4 Å². The minimum atomic E-state index is -3.17. The van der Waals surface area contributed by atoms with Crippen LogP contribution in [0.1, 0.15) is 0 Å². The molecule has 0 amide bonds. The van der Waals surface area contributed by atoms with Crippen LogP contribution in [0.25, 0.3) is 0 Å². The lowest BCUT2D eigenvalue weighted by Gasteiger charge is -2.05. The van der Waals surface area contributed by atoms with E-state index in [4.69, 9.17) is 4.74 Å². The molecule has 8 heteroatoms. The highest BCUT2D eigenvalue weighted by atomic mass is 32.2. The quantitative estimate of drug-likeness (QED) is 0.470. The van der Waals surface area contributed by atoms with Gasteiger partial charge in [0.2, 0.25) is 10.0 Å². The summed E-state index contributed by atoms with van der Waals surface area (Å²) in [5, 5.41) is 0. The minimum absolute atomic E-state index is 0.0749. The molecule has 0 spiro atoms. The van der Waals surface area contributed by atoms with Crippen LogP contribution in [-0.2, 0) is 24.2 Å². The Morgan fingerprint density at radius 2 is 1.93 bits per heavy atom. The fourth-order valence-corrected chi connectivity index (χ4v) is 1.10. The molecule has 0 aliphatic carbocycles. The molecule has 0 saturated carbocycles. The Morgan fingerprint density at radius 3 is 2.47 bits per heavy atom. The molecule has 0 aromatic carbocycles. The molecular weight excluding hydrogens is 226 g/mol. The predicted molar refractivity (Wildman–Crippen MR) is 52.0 cm³/mol. The van der Waals surface area contributed by atoms with Gasteiger partial charge in [0.1, 0.15) is 6.61 Å². The van der Waals surface area contributed by atoms with Crippen molar-refractivity contribution in [3.8, 4) is 0 Å². The number of ether oxygens (including phenoxy) is 3. The zero-order valence-corrected chi connectivity index (χ0v) is 9.50. The number of sulfonamides is 1. The van der Waals surface area contributed by atoms with Crippen LogP contribution in [0.15, 0.2) is 0 Å². The first-order valence-electron chi connectivity index (χ1n) is 4.19. The van der Waals surface area contributed by atoms with E-state index in [1.54, 1.807) is 0 Å². The summed E-state index contributed by atoms with van der Waals surface area (Å²) in [6, 6.07) is 0. The number of nitrogens with one attached hydrogen (secondary N) is 1. The van der Waals surface area contributed by atoms with E-state index in [1.165, 1.54) is 7.11 Å². The first kappa shape index (κ1) is 14.1. The molecule has 0 heterocycles. The summed E-state index contributed by atoms with van der Waals surface area (Å²) in [7, 11) is -1.96. The Labute approximate surface area is 88.7 Å². The highest BCUT2D eigenvalue weighted by Crippen LogP contribution is 1.83. The van der Waals surface area contributed by atoms with Gasteiger partial charge in [0, 0.05) is 6.54 Å². The Balaban J connectivity index is 3.23. The zero-order valence-electron chi connectivity index (χ0n) is 8.69. The summed E-state index contributed by atoms with van der Waals surface area (Å²) in [4.78, 5) is 10.4. The highest BCUT2D eigenvalue weighted by molar-refractivity contribution is 7.88. The van der Waals surface area contributed by atoms with E-state index in [0.717, 1.165) is 6.26 Å². The highest BCUT2D eigenvalue weighted by Gasteiger charge is 2.00. The van der Waals surface area contributed by atoms with Gasteiger partial charge in [-0.05, 0) is 0 Å². The molecule has 7 nitrogen and oxygen atoms in total. The van der Waals surface area contributed by atoms with Crippen molar-refractivity contribution in [2.24, 2.45) is 0 Å². The number of methoxy groups -OCH3 is 1. The molecule has 0 aliphatic rings. The molecule has 0 aromatic heterocycles. The molecule has 0 saturated heterocycles. The van der Waals surface area contributed by atoms with Crippen LogP contribution in [0, 0.1) is 0 Å². The monoisotopic (exact) mass is 241 g/mol. The molecule has 15 heavy (non-hydrogen) atoms. The first-order chi connectivity index (χ1) is 6.95. The summed E-state index contributed by atoms with van der Waals surface area (Å²) in [6.45, 7) is 0.681. The van der Waals surface area contributed by atoms with Gasteiger partial charge in [-0.3, -0.25) is 0 Å². The molecule has 0 aliphatic heterocycles. The van der Waals surface area contributed by atoms with Gasteiger partial charge in [-0.2, -0.15) is 0 Å². The van der Waals surface area contributed by atoms with E-state index in [1.807, 2.05) is 0 Å². The smallest absolute Gasteiger partial charge is 0.438 e. The number of carbonyl (C=O) groups excluding carboxylic acids is 1. The Bertz CT molecular complexity index is 275. The Kier molecular flexibility index (Phi) is 7.01. The van der Waals surface area contributed by atoms with Gasteiger partial charge in [-0.25, -0.2) is 17.9 Å². The van der Waals surface area contributed by atoms with Crippen LogP contribution in [0.2, 0.25) is 0 Å². The molecule has 0 rings (SSSR count). The third kappa shape index (κ3) is 11.1. The lowest BCUT2D eigenvalue weighted by Crippen LogP contribution is -2.26. The Hall–Kier alpha value is -0.860. The van der Waals surface area contributed by atoms with Gasteiger partial charge in [0.25, 0.3) is 0 Å². The van der Waals surface area contributed by atoms with Crippen LogP contribution < -0.4 is 4.72 Å². The third-order valence-electron chi connectivity index (χ3n) is 1.22. The van der Waals surface area contributed by atoms with Crippen molar-refractivity contribution < 1.29 is 27.4 Å². The van der Waals surface area contributed by atoms with E-state index in [2.05, 4.69) is 14.2 Å². The minimum Gasteiger partial charge on any atom is -0.438 e. The van der Waals surface area contributed by atoms with Crippen molar-refractivity contribution in [1.82, 2.24) is 4.72 Å². The fourth-order valence-electron chi connectivity index (χ4n) is 0.644. The largest absolute Gasteiger partial charge is 0.508 e. The second-order valence-corrected chi connectivity index (χ2v) is 4.41. The lowest BCUT2D eigenvalue weighted by molar-refractivity contribution is 0.0389. The van der Waals surface area contributed by atoms with E-state index < -0.39 is 16.2 Å². The maximum Gasteiger partial charge on any atom is 0.508 e.